The second kappa shape index (κ2) is 9.37. The van der Waals surface area contributed by atoms with E-state index in [0.717, 1.165) is 24.3 Å². The van der Waals surface area contributed by atoms with Crippen LogP contribution in [0.5, 0.6) is 0 Å². The predicted octanol–water partition coefficient (Wildman–Crippen LogP) is 2.13. The summed E-state index contributed by atoms with van der Waals surface area (Å²) in [5, 5.41) is 0. The molecule has 0 saturated carbocycles. The number of hydrogen-bond donors (Lipinski definition) is 1. The van der Waals surface area contributed by atoms with Crippen molar-refractivity contribution in [3.63, 3.8) is 0 Å². The second-order valence-corrected chi connectivity index (χ2v) is 7.55. The van der Waals surface area contributed by atoms with Gasteiger partial charge in [0.15, 0.2) is 12.4 Å². The topological polar surface area (TPSA) is 115 Å². The number of ether oxygens (including phenoxy) is 1. The van der Waals surface area contributed by atoms with E-state index in [2.05, 4.69) is 15.0 Å². The zero-order valence-electron chi connectivity index (χ0n) is 17.6. The first kappa shape index (κ1) is 23.2. The summed E-state index contributed by atoms with van der Waals surface area (Å²) in [6.45, 7) is 0.434. The number of carbonyl (C=O) groups is 2. The van der Waals surface area contributed by atoms with E-state index in [1.54, 1.807) is 19.0 Å². The molecule has 1 aliphatic rings. The molecular weight excluding hydrogens is 429 g/mol. The number of carbonyl (C=O) groups excluding carboxylic acids is 2. The number of rotatable bonds is 5. The molecule has 1 aromatic heterocycles. The summed E-state index contributed by atoms with van der Waals surface area (Å²) < 4.78 is 43.4. The summed E-state index contributed by atoms with van der Waals surface area (Å²) in [6, 6.07) is 4.09. The molecule has 3 rings (SSSR count). The fourth-order valence-electron chi connectivity index (χ4n) is 3.25. The highest BCUT2D eigenvalue weighted by atomic mass is 19.4. The number of benzene rings is 1. The molecule has 0 bridgehead atoms. The quantitative estimate of drug-likeness (QED) is 0.687. The summed E-state index contributed by atoms with van der Waals surface area (Å²) in [6.07, 6.45) is -3.69. The average Bonchev–Trinajstić information content (AvgIpc) is 2.76. The third kappa shape index (κ3) is 5.62. The predicted molar refractivity (Wildman–Crippen MR) is 108 cm³/mol. The highest BCUT2D eigenvalue weighted by Gasteiger charge is 2.32. The third-order valence-corrected chi connectivity index (χ3v) is 5.01. The summed E-state index contributed by atoms with van der Waals surface area (Å²) in [4.78, 5) is 40.2. The van der Waals surface area contributed by atoms with Crippen LogP contribution < -0.4 is 10.6 Å². The van der Waals surface area contributed by atoms with Crippen molar-refractivity contribution in [2.75, 3.05) is 37.8 Å². The van der Waals surface area contributed by atoms with E-state index in [1.165, 1.54) is 4.90 Å². The van der Waals surface area contributed by atoms with Crippen molar-refractivity contribution in [2.45, 2.75) is 25.6 Å². The van der Waals surface area contributed by atoms with Crippen molar-refractivity contribution in [3.05, 3.63) is 41.2 Å². The van der Waals surface area contributed by atoms with Gasteiger partial charge in [0.2, 0.25) is 11.9 Å². The monoisotopic (exact) mass is 452 g/mol. The first-order valence-electron chi connectivity index (χ1n) is 9.85. The van der Waals surface area contributed by atoms with Crippen LogP contribution in [0, 0.1) is 5.92 Å². The van der Waals surface area contributed by atoms with Gasteiger partial charge in [0.25, 0.3) is 5.91 Å². The Kier molecular flexibility index (Phi) is 6.80. The minimum absolute atomic E-state index is 0.0184. The van der Waals surface area contributed by atoms with Gasteiger partial charge in [-0.05, 0) is 37.1 Å². The van der Waals surface area contributed by atoms with Crippen molar-refractivity contribution >= 4 is 23.8 Å². The van der Waals surface area contributed by atoms with Crippen LogP contribution in [-0.4, -0.2) is 58.9 Å². The van der Waals surface area contributed by atoms with Crippen LogP contribution in [0.2, 0.25) is 0 Å². The van der Waals surface area contributed by atoms with Crippen molar-refractivity contribution in [1.82, 2.24) is 19.9 Å². The zero-order valence-corrected chi connectivity index (χ0v) is 17.6. The van der Waals surface area contributed by atoms with Crippen molar-refractivity contribution < 1.29 is 27.5 Å². The van der Waals surface area contributed by atoms with E-state index in [0.29, 0.717) is 31.9 Å². The molecule has 9 nitrogen and oxygen atoms in total. The molecule has 2 heterocycles. The highest BCUT2D eigenvalue weighted by molar-refractivity contribution is 5.94. The first-order valence-corrected chi connectivity index (χ1v) is 9.85. The molecule has 2 aromatic rings. The van der Waals surface area contributed by atoms with Crippen LogP contribution in [0.4, 0.5) is 25.1 Å². The molecule has 12 heteroatoms. The van der Waals surface area contributed by atoms with Gasteiger partial charge in [0, 0.05) is 32.7 Å². The first-order chi connectivity index (χ1) is 15.0. The number of nitrogens with zero attached hydrogens (tertiary/aromatic N) is 5. The van der Waals surface area contributed by atoms with Gasteiger partial charge in [-0.25, -0.2) is 0 Å². The molecular formula is C20H23F3N6O3. The highest BCUT2D eigenvalue weighted by Crippen LogP contribution is 2.29. The third-order valence-electron chi connectivity index (χ3n) is 5.01. The Morgan fingerprint density at radius 1 is 1.12 bits per heavy atom. The Morgan fingerprint density at radius 2 is 1.75 bits per heavy atom. The lowest BCUT2D eigenvalue weighted by molar-refractivity contribution is -0.151. The standard InChI is InChI=1S/C20H23F3N6O3/c1-28(2)19-26-15(25-18(24)27-19)11-32-17(31)13-7-9-29(10-8-13)16(30)12-3-5-14(6-4-12)20(21,22)23/h3-6,13H,7-11H2,1-2H3,(H2,24,25,26,27). The normalized spacial score (nSPS) is 14.8. The fraction of sp³-hybridized carbons (Fsp3) is 0.450. The molecule has 1 fully saturated rings. The summed E-state index contributed by atoms with van der Waals surface area (Å²) in [5.74, 6) is -0.619. The number of hydrogen-bond acceptors (Lipinski definition) is 8. The molecule has 32 heavy (non-hydrogen) atoms. The Balaban J connectivity index is 1.52. The molecule has 0 spiro atoms. The number of anilines is 2. The smallest absolute Gasteiger partial charge is 0.416 e. The van der Waals surface area contributed by atoms with E-state index >= 15 is 0 Å². The summed E-state index contributed by atoms with van der Waals surface area (Å²) in [5.41, 5.74) is 5.00. The molecule has 0 aliphatic carbocycles. The largest absolute Gasteiger partial charge is 0.457 e. The average molecular weight is 452 g/mol. The van der Waals surface area contributed by atoms with E-state index < -0.39 is 23.6 Å². The van der Waals surface area contributed by atoms with Crippen molar-refractivity contribution in [2.24, 2.45) is 5.92 Å². The maximum absolute atomic E-state index is 12.7. The van der Waals surface area contributed by atoms with Crippen LogP contribution in [-0.2, 0) is 22.3 Å². The van der Waals surface area contributed by atoms with E-state index in [4.69, 9.17) is 10.5 Å². The van der Waals surface area contributed by atoms with Crippen LogP contribution in [0.25, 0.3) is 0 Å². The Hall–Kier alpha value is -3.44. The number of nitrogen functional groups attached to an aromatic ring is 1. The van der Waals surface area contributed by atoms with Gasteiger partial charge in [-0.1, -0.05) is 0 Å². The number of aromatic nitrogens is 3. The zero-order chi connectivity index (χ0) is 23.5. The molecule has 1 aliphatic heterocycles. The maximum Gasteiger partial charge on any atom is 0.416 e. The van der Waals surface area contributed by atoms with Gasteiger partial charge >= 0.3 is 12.1 Å². The molecule has 0 unspecified atom stereocenters. The molecule has 1 aromatic carbocycles. The van der Waals surface area contributed by atoms with Gasteiger partial charge in [-0.3, -0.25) is 9.59 Å². The molecule has 1 amide bonds. The van der Waals surface area contributed by atoms with Gasteiger partial charge in [0.1, 0.15) is 0 Å². The SMILES string of the molecule is CN(C)c1nc(N)nc(COC(=O)C2CCN(C(=O)c3ccc(C(F)(F)F)cc3)CC2)n1. The van der Waals surface area contributed by atoms with E-state index in [9.17, 15) is 22.8 Å². The minimum atomic E-state index is -4.46. The number of likely N-dealkylation sites (tertiary alicyclic amines) is 1. The molecule has 0 radical (unpaired) electrons. The number of nitrogens with two attached hydrogens (primary N) is 1. The number of alkyl halides is 3. The summed E-state index contributed by atoms with van der Waals surface area (Å²) in [7, 11) is 3.48. The Labute approximate surface area is 182 Å². The van der Waals surface area contributed by atoms with E-state index in [1.807, 2.05) is 0 Å². The number of piperidine rings is 1. The fourth-order valence-corrected chi connectivity index (χ4v) is 3.25. The molecule has 1 saturated heterocycles. The number of halogens is 3. The molecule has 0 atom stereocenters. The lowest BCUT2D eigenvalue weighted by Gasteiger charge is -2.31. The van der Waals surface area contributed by atoms with Crippen LogP contribution in [0.3, 0.4) is 0 Å². The van der Waals surface area contributed by atoms with Crippen molar-refractivity contribution in [3.8, 4) is 0 Å². The Morgan fingerprint density at radius 3 is 2.31 bits per heavy atom. The van der Waals surface area contributed by atoms with Gasteiger partial charge < -0.3 is 20.3 Å². The minimum Gasteiger partial charge on any atom is -0.457 e. The second-order valence-electron chi connectivity index (χ2n) is 7.55. The van der Waals surface area contributed by atoms with Gasteiger partial charge in [0.05, 0.1) is 11.5 Å². The van der Waals surface area contributed by atoms with Crippen LogP contribution in [0.15, 0.2) is 24.3 Å². The molecule has 2 N–H and O–H groups in total. The van der Waals surface area contributed by atoms with Gasteiger partial charge in [-0.2, -0.15) is 28.1 Å². The lowest BCUT2D eigenvalue weighted by Crippen LogP contribution is -2.40. The summed E-state index contributed by atoms with van der Waals surface area (Å²) >= 11 is 0. The Bertz CT molecular complexity index is 974. The number of amides is 1. The molecule has 172 valence electrons. The number of esters is 1. The van der Waals surface area contributed by atoms with Crippen LogP contribution >= 0.6 is 0 Å². The van der Waals surface area contributed by atoms with Gasteiger partial charge in [-0.15, -0.1) is 0 Å². The van der Waals surface area contributed by atoms with E-state index in [-0.39, 0.29) is 29.9 Å². The van der Waals surface area contributed by atoms with Crippen molar-refractivity contribution in [1.29, 1.82) is 0 Å². The lowest BCUT2D eigenvalue weighted by atomic mass is 9.96. The van der Waals surface area contributed by atoms with Crippen LogP contribution in [0.1, 0.15) is 34.6 Å². The maximum atomic E-state index is 12.7.